The van der Waals surface area contributed by atoms with Crippen LogP contribution >= 0.6 is 0 Å². The Balaban J connectivity index is 1.98. The standard InChI is InChI=1S/C9H12O4/c10-5-1-3-6-4(2-13-9(6)12)7(5)8(3)11/h3-8,10-11H,1-2H2/t3-,4-,5+,6+,7+,8+/m1/s1. The maximum absolute atomic E-state index is 11.3. The van der Waals surface area contributed by atoms with Crippen LogP contribution in [0, 0.1) is 23.7 Å². The number of hydrogen-bond acceptors (Lipinski definition) is 4. The highest BCUT2D eigenvalue weighted by Crippen LogP contribution is 2.55. The largest absolute Gasteiger partial charge is 0.465 e. The zero-order valence-electron chi connectivity index (χ0n) is 7.09. The van der Waals surface area contributed by atoms with Gasteiger partial charge in [0.05, 0.1) is 24.7 Å². The molecule has 0 amide bonds. The molecule has 6 atom stereocenters. The van der Waals surface area contributed by atoms with E-state index in [4.69, 9.17) is 4.74 Å². The number of aliphatic hydroxyl groups is 2. The Kier molecular flexibility index (Phi) is 1.34. The van der Waals surface area contributed by atoms with Gasteiger partial charge >= 0.3 is 5.97 Å². The molecule has 0 radical (unpaired) electrons. The van der Waals surface area contributed by atoms with Gasteiger partial charge in [-0.2, -0.15) is 0 Å². The minimum atomic E-state index is -0.488. The van der Waals surface area contributed by atoms with Gasteiger partial charge in [-0.15, -0.1) is 0 Å². The van der Waals surface area contributed by atoms with Gasteiger partial charge in [0.15, 0.2) is 0 Å². The van der Waals surface area contributed by atoms with Crippen LogP contribution in [-0.2, 0) is 9.53 Å². The summed E-state index contributed by atoms with van der Waals surface area (Å²) < 4.78 is 4.94. The first-order valence-electron chi connectivity index (χ1n) is 4.73. The lowest BCUT2D eigenvalue weighted by Gasteiger charge is -2.23. The van der Waals surface area contributed by atoms with Gasteiger partial charge in [-0.3, -0.25) is 4.79 Å². The SMILES string of the molecule is O=C1OC[C@@H]2[C@@H]1[C@H]1C[C@H](O)[C@H]2[C@H]1O. The van der Waals surface area contributed by atoms with Crippen LogP contribution < -0.4 is 0 Å². The number of rotatable bonds is 0. The monoisotopic (exact) mass is 184 g/mol. The van der Waals surface area contributed by atoms with E-state index in [2.05, 4.69) is 0 Å². The molecule has 0 aromatic rings. The highest BCUT2D eigenvalue weighted by Gasteiger charge is 2.63. The van der Waals surface area contributed by atoms with Crippen molar-refractivity contribution in [2.24, 2.45) is 23.7 Å². The molecule has 2 N–H and O–H groups in total. The molecule has 3 fully saturated rings. The van der Waals surface area contributed by atoms with Crippen molar-refractivity contribution in [3.8, 4) is 0 Å². The lowest BCUT2D eigenvalue weighted by molar-refractivity contribution is -0.143. The summed E-state index contributed by atoms with van der Waals surface area (Å²) in [5.41, 5.74) is 0. The first kappa shape index (κ1) is 7.76. The molecule has 3 aliphatic rings. The van der Waals surface area contributed by atoms with E-state index in [1.54, 1.807) is 0 Å². The second-order valence-electron chi connectivity index (χ2n) is 4.35. The van der Waals surface area contributed by atoms with Crippen molar-refractivity contribution in [1.29, 1.82) is 0 Å². The van der Waals surface area contributed by atoms with Gasteiger partial charge in [0.2, 0.25) is 0 Å². The molecule has 0 aromatic carbocycles. The molecule has 2 saturated carbocycles. The second kappa shape index (κ2) is 2.25. The van der Waals surface area contributed by atoms with Gasteiger partial charge in [0.25, 0.3) is 0 Å². The third-order valence-corrected chi connectivity index (χ3v) is 3.90. The Hall–Kier alpha value is -0.610. The predicted octanol–water partition coefficient (Wildman–Crippen LogP) is -0.853. The molecule has 1 saturated heterocycles. The summed E-state index contributed by atoms with van der Waals surface area (Å²) in [4.78, 5) is 11.3. The van der Waals surface area contributed by atoms with Crippen LogP contribution in [0.4, 0.5) is 0 Å². The minimum absolute atomic E-state index is 0.0556. The topological polar surface area (TPSA) is 66.8 Å². The van der Waals surface area contributed by atoms with Crippen LogP contribution in [0.5, 0.6) is 0 Å². The zero-order chi connectivity index (χ0) is 9.16. The molecular formula is C9H12O4. The van der Waals surface area contributed by atoms with Crippen LogP contribution in [0.1, 0.15) is 6.42 Å². The summed E-state index contributed by atoms with van der Waals surface area (Å²) in [6.07, 6.45) is -0.365. The van der Waals surface area contributed by atoms with Crippen LogP contribution in [0.15, 0.2) is 0 Å². The van der Waals surface area contributed by atoms with E-state index >= 15 is 0 Å². The van der Waals surface area contributed by atoms with E-state index in [1.165, 1.54) is 0 Å². The molecule has 0 aromatic heterocycles. The summed E-state index contributed by atoms with van der Waals surface area (Å²) in [6.45, 7) is 0.388. The Bertz CT molecular complexity index is 262. The first-order valence-corrected chi connectivity index (χ1v) is 4.73. The highest BCUT2D eigenvalue weighted by molar-refractivity contribution is 5.76. The van der Waals surface area contributed by atoms with Crippen molar-refractivity contribution in [2.75, 3.05) is 6.61 Å². The number of carbonyl (C=O) groups excluding carboxylic acids is 1. The van der Waals surface area contributed by atoms with Crippen molar-refractivity contribution >= 4 is 5.97 Å². The van der Waals surface area contributed by atoms with E-state index in [-0.39, 0.29) is 29.6 Å². The van der Waals surface area contributed by atoms with Gasteiger partial charge < -0.3 is 14.9 Å². The Morgan fingerprint density at radius 3 is 2.85 bits per heavy atom. The van der Waals surface area contributed by atoms with E-state index in [9.17, 15) is 15.0 Å². The van der Waals surface area contributed by atoms with E-state index < -0.39 is 12.2 Å². The summed E-state index contributed by atoms with van der Waals surface area (Å²) in [5.74, 6) is -0.426. The lowest BCUT2D eigenvalue weighted by Crippen LogP contribution is -2.31. The van der Waals surface area contributed by atoms with Crippen molar-refractivity contribution < 1.29 is 19.7 Å². The normalized spacial score (nSPS) is 58.2. The summed E-state index contributed by atoms with van der Waals surface area (Å²) in [5, 5.41) is 19.4. The fraction of sp³-hybridized carbons (Fsp3) is 0.889. The van der Waals surface area contributed by atoms with Crippen molar-refractivity contribution in [1.82, 2.24) is 0 Å². The first-order chi connectivity index (χ1) is 6.20. The average Bonchev–Trinajstić information content (AvgIpc) is 2.64. The van der Waals surface area contributed by atoms with Gasteiger partial charge in [-0.25, -0.2) is 0 Å². The molecule has 0 unspecified atom stereocenters. The average molecular weight is 184 g/mol. The third-order valence-electron chi connectivity index (χ3n) is 3.90. The Morgan fingerprint density at radius 2 is 2.08 bits per heavy atom. The summed E-state index contributed by atoms with van der Waals surface area (Å²) >= 11 is 0. The number of carbonyl (C=O) groups is 1. The minimum Gasteiger partial charge on any atom is -0.465 e. The number of fused-ring (bicyclic) bond motifs is 5. The smallest absolute Gasteiger partial charge is 0.309 e. The molecule has 0 spiro atoms. The quantitative estimate of drug-likeness (QED) is 0.481. The number of hydrogen-bond donors (Lipinski definition) is 2. The predicted molar refractivity (Wildman–Crippen MR) is 41.5 cm³/mol. The van der Waals surface area contributed by atoms with Gasteiger partial charge in [0, 0.05) is 17.8 Å². The number of aliphatic hydroxyl groups excluding tert-OH is 2. The van der Waals surface area contributed by atoms with Gasteiger partial charge in [0.1, 0.15) is 0 Å². The molecule has 1 aliphatic heterocycles. The van der Waals surface area contributed by atoms with E-state index in [0.717, 1.165) is 0 Å². The lowest BCUT2D eigenvalue weighted by atomic mass is 9.80. The summed E-state index contributed by atoms with van der Waals surface area (Å²) in [6, 6.07) is 0. The van der Waals surface area contributed by atoms with Crippen molar-refractivity contribution in [3.05, 3.63) is 0 Å². The number of esters is 1. The molecule has 4 nitrogen and oxygen atoms in total. The van der Waals surface area contributed by atoms with E-state index in [0.29, 0.717) is 13.0 Å². The van der Waals surface area contributed by atoms with Crippen LogP contribution in [0.3, 0.4) is 0 Å². The van der Waals surface area contributed by atoms with Gasteiger partial charge in [-0.05, 0) is 6.42 Å². The molecule has 3 rings (SSSR count). The third kappa shape index (κ3) is 0.758. The molecular weight excluding hydrogens is 172 g/mol. The van der Waals surface area contributed by atoms with Crippen LogP contribution in [0.25, 0.3) is 0 Å². The fourth-order valence-corrected chi connectivity index (χ4v) is 3.38. The molecule has 1 heterocycles. The second-order valence-corrected chi connectivity index (χ2v) is 4.35. The Morgan fingerprint density at radius 1 is 1.31 bits per heavy atom. The van der Waals surface area contributed by atoms with Crippen LogP contribution in [0.2, 0.25) is 0 Å². The van der Waals surface area contributed by atoms with Crippen molar-refractivity contribution in [3.63, 3.8) is 0 Å². The molecule has 2 aliphatic carbocycles. The van der Waals surface area contributed by atoms with Crippen LogP contribution in [-0.4, -0.2) is 35.0 Å². The Labute approximate surface area is 75.5 Å². The van der Waals surface area contributed by atoms with Gasteiger partial charge in [-0.1, -0.05) is 0 Å². The zero-order valence-corrected chi connectivity index (χ0v) is 7.09. The number of ether oxygens (including phenoxy) is 1. The van der Waals surface area contributed by atoms with Crippen molar-refractivity contribution in [2.45, 2.75) is 18.6 Å². The molecule has 72 valence electrons. The fourth-order valence-electron chi connectivity index (χ4n) is 3.38. The maximum atomic E-state index is 11.3. The highest BCUT2D eigenvalue weighted by atomic mass is 16.5. The molecule has 2 bridgehead atoms. The van der Waals surface area contributed by atoms with E-state index in [1.807, 2.05) is 0 Å². The molecule has 13 heavy (non-hydrogen) atoms. The number of cyclic esters (lactones) is 1. The maximum Gasteiger partial charge on any atom is 0.309 e. The molecule has 4 heteroatoms. The summed E-state index contributed by atoms with van der Waals surface area (Å²) in [7, 11) is 0.